The van der Waals surface area contributed by atoms with Crippen LogP contribution in [0.25, 0.3) is 0 Å². The Kier molecular flexibility index (Phi) is 13.5. The molecule has 0 bridgehead atoms. The van der Waals surface area contributed by atoms with Crippen molar-refractivity contribution in [3.05, 3.63) is 24.6 Å². The van der Waals surface area contributed by atoms with Gasteiger partial charge in [0.25, 0.3) is 0 Å². The van der Waals surface area contributed by atoms with E-state index in [1.807, 2.05) is 24.2 Å². The van der Waals surface area contributed by atoms with Gasteiger partial charge in [0.15, 0.2) is 0 Å². The van der Waals surface area contributed by atoms with Crippen molar-refractivity contribution in [2.24, 2.45) is 0 Å². The Labute approximate surface area is 156 Å². The van der Waals surface area contributed by atoms with Gasteiger partial charge in [-0.05, 0) is 39.0 Å². The summed E-state index contributed by atoms with van der Waals surface area (Å²) in [5.41, 5.74) is 0. The second-order valence-electron chi connectivity index (χ2n) is 7.45. The summed E-state index contributed by atoms with van der Waals surface area (Å²) in [6.45, 7) is 4.10. The van der Waals surface area contributed by atoms with Crippen LogP contribution >= 0.6 is 0 Å². The Morgan fingerprint density at radius 1 is 0.920 bits per heavy atom. The van der Waals surface area contributed by atoms with Gasteiger partial charge in [-0.15, -0.1) is 0 Å². The summed E-state index contributed by atoms with van der Waals surface area (Å²) in [5.74, 6) is 0. The SMILES string of the molecule is CCCCCCCCCCCC/C=C/CCCC1NC=CN1C(C)O. The molecule has 0 saturated carbocycles. The average molecular weight is 351 g/mol. The molecule has 0 radical (unpaired) electrons. The zero-order chi connectivity index (χ0) is 18.2. The largest absolute Gasteiger partial charge is 0.374 e. The molecule has 2 N–H and O–H groups in total. The van der Waals surface area contributed by atoms with Gasteiger partial charge < -0.3 is 15.3 Å². The predicted octanol–water partition coefficient (Wildman–Crippen LogP) is 6.06. The number of hydrogen-bond acceptors (Lipinski definition) is 3. The van der Waals surface area contributed by atoms with Crippen LogP contribution in [0.4, 0.5) is 0 Å². The van der Waals surface area contributed by atoms with Gasteiger partial charge >= 0.3 is 0 Å². The molecule has 0 amide bonds. The van der Waals surface area contributed by atoms with Crippen LogP contribution in [0, 0.1) is 0 Å². The number of aliphatic hydroxyl groups excluding tert-OH is 1. The molecule has 25 heavy (non-hydrogen) atoms. The summed E-state index contributed by atoms with van der Waals surface area (Å²) in [6.07, 6.45) is 27.1. The van der Waals surface area contributed by atoms with E-state index < -0.39 is 6.23 Å². The van der Waals surface area contributed by atoms with E-state index in [-0.39, 0.29) is 6.17 Å². The molecule has 3 nitrogen and oxygen atoms in total. The van der Waals surface area contributed by atoms with Crippen molar-refractivity contribution in [3.63, 3.8) is 0 Å². The van der Waals surface area contributed by atoms with Crippen molar-refractivity contribution in [3.8, 4) is 0 Å². The number of hydrogen-bond donors (Lipinski definition) is 2. The third-order valence-electron chi connectivity index (χ3n) is 5.07. The topological polar surface area (TPSA) is 35.5 Å². The third-order valence-corrected chi connectivity index (χ3v) is 5.07. The molecule has 1 aliphatic rings. The summed E-state index contributed by atoms with van der Waals surface area (Å²) in [5, 5.41) is 13.0. The predicted molar refractivity (Wildman–Crippen MR) is 109 cm³/mol. The fourth-order valence-electron chi connectivity index (χ4n) is 3.46. The van der Waals surface area contributed by atoms with Gasteiger partial charge in [0.1, 0.15) is 12.4 Å². The van der Waals surface area contributed by atoms with Crippen molar-refractivity contribution in [1.82, 2.24) is 10.2 Å². The fraction of sp³-hybridized carbons (Fsp3) is 0.818. The third kappa shape index (κ3) is 11.3. The molecular weight excluding hydrogens is 308 g/mol. The van der Waals surface area contributed by atoms with E-state index in [9.17, 15) is 5.11 Å². The molecular formula is C22H42N2O. The molecule has 3 heteroatoms. The zero-order valence-corrected chi connectivity index (χ0v) is 16.8. The molecule has 0 saturated heterocycles. The van der Waals surface area contributed by atoms with E-state index in [0.717, 1.165) is 19.3 Å². The normalized spacial score (nSPS) is 18.2. The molecule has 2 unspecified atom stereocenters. The van der Waals surface area contributed by atoms with E-state index in [0.29, 0.717) is 0 Å². The highest BCUT2D eigenvalue weighted by Gasteiger charge is 2.20. The maximum absolute atomic E-state index is 9.67. The average Bonchev–Trinajstić information content (AvgIpc) is 3.07. The molecule has 0 aliphatic carbocycles. The van der Waals surface area contributed by atoms with Crippen molar-refractivity contribution in [2.75, 3.05) is 0 Å². The maximum Gasteiger partial charge on any atom is 0.125 e. The van der Waals surface area contributed by atoms with E-state index >= 15 is 0 Å². The molecule has 0 aromatic heterocycles. The molecule has 146 valence electrons. The minimum atomic E-state index is -0.414. The van der Waals surface area contributed by atoms with Crippen LogP contribution in [0.5, 0.6) is 0 Å². The van der Waals surface area contributed by atoms with Crippen LogP contribution < -0.4 is 5.32 Å². The highest BCUT2D eigenvalue weighted by molar-refractivity contribution is 4.94. The Balaban J connectivity index is 1.83. The Morgan fingerprint density at radius 2 is 1.48 bits per heavy atom. The number of aliphatic hydroxyl groups is 1. The van der Waals surface area contributed by atoms with Gasteiger partial charge in [-0.2, -0.15) is 0 Å². The van der Waals surface area contributed by atoms with Gasteiger partial charge in [0, 0.05) is 12.4 Å². The second-order valence-corrected chi connectivity index (χ2v) is 7.45. The summed E-state index contributed by atoms with van der Waals surface area (Å²) in [4.78, 5) is 1.98. The van der Waals surface area contributed by atoms with Gasteiger partial charge in [0.05, 0.1) is 0 Å². The summed E-state index contributed by atoms with van der Waals surface area (Å²) < 4.78 is 0. The van der Waals surface area contributed by atoms with Crippen LogP contribution in [0.15, 0.2) is 24.6 Å². The lowest BCUT2D eigenvalue weighted by molar-refractivity contribution is 0.0257. The minimum Gasteiger partial charge on any atom is -0.374 e. The number of allylic oxidation sites excluding steroid dienone is 2. The molecule has 0 fully saturated rings. The molecule has 1 rings (SSSR count). The molecule has 1 aliphatic heterocycles. The van der Waals surface area contributed by atoms with Crippen LogP contribution in [0.3, 0.4) is 0 Å². The van der Waals surface area contributed by atoms with E-state index in [4.69, 9.17) is 0 Å². The molecule has 0 aromatic carbocycles. The molecule has 0 aromatic rings. The zero-order valence-electron chi connectivity index (χ0n) is 16.8. The van der Waals surface area contributed by atoms with E-state index in [1.165, 1.54) is 70.6 Å². The Morgan fingerprint density at radius 3 is 2.08 bits per heavy atom. The first-order chi connectivity index (χ1) is 12.3. The van der Waals surface area contributed by atoms with Gasteiger partial charge in [-0.1, -0.05) is 76.9 Å². The van der Waals surface area contributed by atoms with E-state index in [1.54, 1.807) is 0 Å². The Bertz CT molecular complexity index is 352. The number of unbranched alkanes of at least 4 members (excludes halogenated alkanes) is 11. The van der Waals surface area contributed by atoms with Crippen LogP contribution in [0.1, 0.15) is 104 Å². The minimum absolute atomic E-state index is 0.260. The second kappa shape index (κ2) is 15.3. The lowest BCUT2D eigenvalue weighted by Crippen LogP contribution is -2.40. The molecule has 2 atom stereocenters. The number of nitrogens with one attached hydrogen (secondary N) is 1. The smallest absolute Gasteiger partial charge is 0.125 e. The monoisotopic (exact) mass is 350 g/mol. The van der Waals surface area contributed by atoms with Gasteiger partial charge in [-0.3, -0.25) is 0 Å². The lowest BCUT2D eigenvalue weighted by Gasteiger charge is -2.27. The van der Waals surface area contributed by atoms with Crippen molar-refractivity contribution >= 4 is 0 Å². The maximum atomic E-state index is 9.67. The first kappa shape index (κ1) is 22.1. The summed E-state index contributed by atoms with van der Waals surface area (Å²) in [6, 6.07) is 0. The van der Waals surface area contributed by atoms with Crippen LogP contribution in [-0.4, -0.2) is 22.4 Å². The van der Waals surface area contributed by atoms with Crippen LogP contribution in [0.2, 0.25) is 0 Å². The molecule has 1 heterocycles. The summed E-state index contributed by atoms with van der Waals surface area (Å²) >= 11 is 0. The van der Waals surface area contributed by atoms with Crippen molar-refractivity contribution in [1.29, 1.82) is 0 Å². The number of rotatable bonds is 16. The Hall–Kier alpha value is -0.960. The van der Waals surface area contributed by atoms with Gasteiger partial charge in [-0.25, -0.2) is 0 Å². The first-order valence-electron chi connectivity index (χ1n) is 10.8. The number of nitrogens with zero attached hydrogens (tertiary/aromatic N) is 1. The van der Waals surface area contributed by atoms with E-state index in [2.05, 4.69) is 24.4 Å². The highest BCUT2D eigenvalue weighted by Crippen LogP contribution is 2.15. The first-order valence-corrected chi connectivity index (χ1v) is 10.8. The standard InChI is InChI=1S/C22H42N2O/c1-3-4-5-6-7-8-9-10-11-12-13-14-15-16-17-18-22-23-19-20-24(22)21(2)25/h14-15,19-23,25H,3-13,16-18H2,1-2H3/b15-14+. The molecule has 0 spiro atoms. The van der Waals surface area contributed by atoms with Crippen molar-refractivity contribution in [2.45, 2.75) is 116 Å². The lowest BCUT2D eigenvalue weighted by atomic mass is 10.1. The highest BCUT2D eigenvalue weighted by atomic mass is 16.3. The quantitative estimate of drug-likeness (QED) is 0.262. The van der Waals surface area contributed by atoms with Gasteiger partial charge in [0.2, 0.25) is 0 Å². The van der Waals surface area contributed by atoms with Crippen molar-refractivity contribution < 1.29 is 5.11 Å². The summed E-state index contributed by atoms with van der Waals surface area (Å²) in [7, 11) is 0. The fourth-order valence-corrected chi connectivity index (χ4v) is 3.46. The van der Waals surface area contributed by atoms with Crippen LogP contribution in [-0.2, 0) is 0 Å².